The van der Waals surface area contributed by atoms with Crippen molar-refractivity contribution in [3.8, 4) is 5.75 Å². The maximum atomic E-state index is 14.2. The summed E-state index contributed by atoms with van der Waals surface area (Å²) in [6, 6.07) is 3.51. The number of hydrogen-bond donors (Lipinski definition) is 4. The van der Waals surface area contributed by atoms with E-state index >= 15 is 0 Å². The van der Waals surface area contributed by atoms with E-state index in [-0.39, 0.29) is 17.7 Å². The second-order valence-corrected chi connectivity index (χ2v) is 9.37. The first kappa shape index (κ1) is 26.2. The molecule has 8 nitrogen and oxygen atoms in total. The van der Waals surface area contributed by atoms with Crippen molar-refractivity contribution in [3.05, 3.63) is 24.0 Å². The molecule has 1 aliphatic heterocycles. The highest BCUT2D eigenvalue weighted by atomic mass is 19.4. The zero-order valence-electron chi connectivity index (χ0n) is 20.3. The Labute approximate surface area is 208 Å². The van der Waals surface area contributed by atoms with Crippen LogP contribution < -0.4 is 26.0 Å². The number of ether oxygens (including phenoxy) is 1. The fraction of sp³-hybridized carbons (Fsp3) is 0.625. The Morgan fingerprint density at radius 1 is 1.03 bits per heavy atom. The molecule has 2 aliphatic rings. The second kappa shape index (κ2) is 11.9. The molecule has 2 unspecified atom stereocenters. The van der Waals surface area contributed by atoms with Crippen molar-refractivity contribution in [2.24, 2.45) is 5.92 Å². The number of rotatable bonds is 10. The molecule has 0 amide bonds. The SMILES string of the molecule is CCC(Nc1nc(NCC2CCCCC2)nc(Nc2ccc(OC(F)(F)F)c(F)c2)n1)C1CCCN1. The molecule has 2 heterocycles. The van der Waals surface area contributed by atoms with Gasteiger partial charge in [-0.15, -0.1) is 13.2 Å². The van der Waals surface area contributed by atoms with Crippen LogP contribution in [0.1, 0.15) is 58.3 Å². The molecule has 0 radical (unpaired) electrons. The van der Waals surface area contributed by atoms with Gasteiger partial charge in [-0.2, -0.15) is 15.0 Å². The summed E-state index contributed by atoms with van der Waals surface area (Å²) < 4.78 is 55.3. The Kier molecular flexibility index (Phi) is 8.65. The first-order chi connectivity index (χ1) is 17.3. The van der Waals surface area contributed by atoms with Crippen molar-refractivity contribution in [1.29, 1.82) is 0 Å². The minimum atomic E-state index is -4.98. The summed E-state index contributed by atoms with van der Waals surface area (Å²) in [6.45, 7) is 3.80. The molecule has 1 aromatic carbocycles. The van der Waals surface area contributed by atoms with E-state index in [1.54, 1.807) is 0 Å². The van der Waals surface area contributed by atoms with Crippen LogP contribution >= 0.6 is 0 Å². The molecule has 2 fully saturated rings. The van der Waals surface area contributed by atoms with Crippen LogP contribution in [0.5, 0.6) is 5.75 Å². The molecule has 0 bridgehead atoms. The minimum Gasteiger partial charge on any atom is -0.403 e. The van der Waals surface area contributed by atoms with Gasteiger partial charge in [0.05, 0.1) is 0 Å². The zero-order chi connectivity index (χ0) is 25.5. The van der Waals surface area contributed by atoms with Gasteiger partial charge in [0, 0.05) is 30.4 Å². The number of benzene rings is 1. The first-order valence-corrected chi connectivity index (χ1v) is 12.6. The molecule has 1 aliphatic carbocycles. The Balaban J connectivity index is 1.52. The Bertz CT molecular complexity index is 995. The van der Waals surface area contributed by atoms with Gasteiger partial charge in [0.15, 0.2) is 11.6 Å². The fourth-order valence-electron chi connectivity index (χ4n) is 4.83. The van der Waals surface area contributed by atoms with Crippen LogP contribution in [0.3, 0.4) is 0 Å². The highest BCUT2D eigenvalue weighted by Gasteiger charge is 2.32. The Morgan fingerprint density at radius 2 is 1.78 bits per heavy atom. The largest absolute Gasteiger partial charge is 0.573 e. The van der Waals surface area contributed by atoms with Crippen LogP contribution in [0.25, 0.3) is 0 Å². The van der Waals surface area contributed by atoms with Crippen LogP contribution in [0, 0.1) is 11.7 Å². The molecular formula is C24H33F4N7O. The summed E-state index contributed by atoms with van der Waals surface area (Å²) in [5.41, 5.74) is 0.182. The molecule has 0 spiro atoms. The van der Waals surface area contributed by atoms with Crippen molar-refractivity contribution in [1.82, 2.24) is 20.3 Å². The highest BCUT2D eigenvalue weighted by Crippen LogP contribution is 2.29. The highest BCUT2D eigenvalue weighted by molar-refractivity contribution is 5.57. The van der Waals surface area contributed by atoms with Crippen LogP contribution in [0.4, 0.5) is 41.1 Å². The topological polar surface area (TPSA) is 96.0 Å². The lowest BCUT2D eigenvalue weighted by atomic mass is 9.89. The monoisotopic (exact) mass is 511 g/mol. The maximum absolute atomic E-state index is 14.2. The van der Waals surface area contributed by atoms with E-state index in [0.29, 0.717) is 23.9 Å². The molecule has 2 atom stereocenters. The molecule has 4 rings (SSSR count). The van der Waals surface area contributed by atoms with Crippen molar-refractivity contribution in [3.63, 3.8) is 0 Å². The molecule has 36 heavy (non-hydrogen) atoms. The van der Waals surface area contributed by atoms with Gasteiger partial charge in [-0.05, 0) is 56.7 Å². The lowest BCUT2D eigenvalue weighted by Crippen LogP contribution is -2.40. The smallest absolute Gasteiger partial charge is 0.403 e. The van der Waals surface area contributed by atoms with Gasteiger partial charge < -0.3 is 26.0 Å². The molecule has 2 aromatic rings. The zero-order valence-corrected chi connectivity index (χ0v) is 20.3. The van der Waals surface area contributed by atoms with Gasteiger partial charge in [-0.3, -0.25) is 0 Å². The Morgan fingerprint density at radius 3 is 2.44 bits per heavy atom. The van der Waals surface area contributed by atoms with Crippen molar-refractivity contribution < 1.29 is 22.3 Å². The van der Waals surface area contributed by atoms with E-state index in [2.05, 4.69) is 47.9 Å². The van der Waals surface area contributed by atoms with Gasteiger partial charge in [0.2, 0.25) is 17.8 Å². The third-order valence-electron chi connectivity index (χ3n) is 6.66. The third-order valence-corrected chi connectivity index (χ3v) is 6.66. The number of aromatic nitrogens is 3. The average Bonchev–Trinajstić information content (AvgIpc) is 3.38. The lowest BCUT2D eigenvalue weighted by Gasteiger charge is -2.24. The number of anilines is 4. The van der Waals surface area contributed by atoms with E-state index < -0.39 is 17.9 Å². The quantitative estimate of drug-likeness (QED) is 0.307. The average molecular weight is 512 g/mol. The minimum absolute atomic E-state index is 0.116. The maximum Gasteiger partial charge on any atom is 0.573 e. The molecule has 1 saturated carbocycles. The third kappa shape index (κ3) is 7.55. The summed E-state index contributed by atoms with van der Waals surface area (Å²) in [4.78, 5) is 13.4. The molecule has 12 heteroatoms. The molecule has 4 N–H and O–H groups in total. The fourth-order valence-corrected chi connectivity index (χ4v) is 4.83. The number of nitrogens with zero attached hydrogens (tertiary/aromatic N) is 3. The predicted molar refractivity (Wildman–Crippen MR) is 130 cm³/mol. The normalized spacial score (nSPS) is 19.6. The number of hydrogen-bond acceptors (Lipinski definition) is 8. The Hall–Kier alpha value is -2.89. The molecular weight excluding hydrogens is 478 g/mol. The molecule has 1 saturated heterocycles. The van der Waals surface area contributed by atoms with E-state index in [0.717, 1.165) is 57.3 Å². The number of nitrogens with one attached hydrogen (secondary N) is 4. The van der Waals surface area contributed by atoms with Gasteiger partial charge >= 0.3 is 6.36 Å². The summed E-state index contributed by atoms with van der Waals surface area (Å²) >= 11 is 0. The van der Waals surface area contributed by atoms with Crippen LogP contribution in [-0.4, -0.2) is 46.5 Å². The first-order valence-electron chi connectivity index (χ1n) is 12.6. The predicted octanol–water partition coefficient (Wildman–Crippen LogP) is 5.59. The van der Waals surface area contributed by atoms with Crippen LogP contribution in [0.2, 0.25) is 0 Å². The van der Waals surface area contributed by atoms with Gasteiger partial charge in [0.1, 0.15) is 0 Å². The van der Waals surface area contributed by atoms with E-state index in [4.69, 9.17) is 0 Å². The van der Waals surface area contributed by atoms with Gasteiger partial charge in [-0.1, -0.05) is 26.2 Å². The van der Waals surface area contributed by atoms with Crippen molar-refractivity contribution >= 4 is 23.5 Å². The summed E-state index contributed by atoms with van der Waals surface area (Å²) in [6.07, 6.45) is 4.07. The molecule has 198 valence electrons. The number of halogens is 4. The van der Waals surface area contributed by atoms with Gasteiger partial charge in [-0.25, -0.2) is 4.39 Å². The molecule has 1 aromatic heterocycles. The van der Waals surface area contributed by atoms with Gasteiger partial charge in [0.25, 0.3) is 0 Å². The summed E-state index contributed by atoms with van der Waals surface area (Å²) in [5, 5.41) is 13.1. The van der Waals surface area contributed by atoms with E-state index in [1.807, 2.05) is 0 Å². The van der Waals surface area contributed by atoms with Crippen LogP contribution in [0.15, 0.2) is 18.2 Å². The van der Waals surface area contributed by atoms with E-state index in [9.17, 15) is 17.6 Å². The standard InChI is InChI=1S/C24H33F4N7O/c1-2-18(19-9-6-12-29-19)32-23-34-21(30-14-15-7-4-3-5-8-15)33-22(35-23)31-16-10-11-20(17(25)13-16)36-24(26,27)28/h10-11,13,15,18-19,29H,2-9,12,14H2,1H3,(H3,30,31,32,33,34,35). The van der Waals surface area contributed by atoms with Crippen LogP contribution in [-0.2, 0) is 0 Å². The van der Waals surface area contributed by atoms with Crippen molar-refractivity contribution in [2.45, 2.75) is 76.7 Å². The number of alkyl halides is 3. The summed E-state index contributed by atoms with van der Waals surface area (Å²) in [7, 11) is 0. The summed E-state index contributed by atoms with van der Waals surface area (Å²) in [5.74, 6) is -0.611. The lowest BCUT2D eigenvalue weighted by molar-refractivity contribution is -0.275. The van der Waals surface area contributed by atoms with E-state index in [1.165, 1.54) is 25.3 Å². The second-order valence-electron chi connectivity index (χ2n) is 9.37. The van der Waals surface area contributed by atoms with Crippen molar-refractivity contribution in [2.75, 3.05) is 29.0 Å².